The van der Waals surface area contributed by atoms with Crippen molar-refractivity contribution >= 4 is 12.0 Å². The third-order valence-corrected chi connectivity index (χ3v) is 4.43. The summed E-state index contributed by atoms with van der Waals surface area (Å²) < 4.78 is 86.1. The molecule has 0 aromatic heterocycles. The molecule has 0 amide bonds. The largest absolute Gasteiger partial charge is 0.527 e. The van der Waals surface area contributed by atoms with Crippen LogP contribution >= 0.6 is 0 Å². The van der Waals surface area contributed by atoms with Crippen molar-refractivity contribution in [1.29, 1.82) is 0 Å². The highest BCUT2D eigenvalue weighted by Gasteiger charge is 2.46. The van der Waals surface area contributed by atoms with Gasteiger partial charge < -0.3 is 4.74 Å². The van der Waals surface area contributed by atoms with Crippen molar-refractivity contribution in [2.75, 3.05) is 0 Å². The maximum Gasteiger partial charge on any atom is 0.527 e. The molecule has 33 heavy (non-hydrogen) atoms. The summed E-state index contributed by atoms with van der Waals surface area (Å²) in [6, 6.07) is 13.5. The van der Waals surface area contributed by atoms with Crippen LogP contribution in [0.25, 0.3) is 17.2 Å². The average Bonchev–Trinajstić information content (AvgIpc) is 2.73. The van der Waals surface area contributed by atoms with E-state index in [1.54, 1.807) is 24.3 Å². The lowest BCUT2D eigenvalue weighted by Gasteiger charge is -2.18. The van der Waals surface area contributed by atoms with Crippen LogP contribution in [-0.4, -0.2) is 12.3 Å². The van der Waals surface area contributed by atoms with E-state index < -0.39 is 29.8 Å². The minimum Gasteiger partial charge on any atom is -0.423 e. The number of carbonyl (C=O) groups is 1. The second-order valence-corrected chi connectivity index (χ2v) is 6.80. The third kappa shape index (κ3) is 6.23. The van der Waals surface area contributed by atoms with Gasteiger partial charge in [-0.2, -0.15) is 8.78 Å². The van der Waals surface area contributed by atoms with E-state index in [4.69, 9.17) is 4.74 Å². The van der Waals surface area contributed by atoms with Gasteiger partial charge in [0.25, 0.3) is 0 Å². The molecular weight excluding hydrogens is 450 g/mol. The van der Waals surface area contributed by atoms with Crippen LogP contribution in [0.5, 0.6) is 5.75 Å². The summed E-state index contributed by atoms with van der Waals surface area (Å²) in [5.74, 6) is -1.61. The highest BCUT2D eigenvalue weighted by atomic mass is 19.4. The van der Waals surface area contributed by atoms with E-state index in [1.807, 2.05) is 19.1 Å². The Morgan fingerprint density at radius 1 is 0.879 bits per heavy atom. The van der Waals surface area contributed by atoms with Gasteiger partial charge in [0.1, 0.15) is 11.6 Å². The van der Waals surface area contributed by atoms with Crippen molar-refractivity contribution in [3.63, 3.8) is 0 Å². The Balaban J connectivity index is 1.74. The molecule has 0 spiro atoms. The standard InChI is InChI=1S/C24H16F6O3/c1-2-3-15-4-6-17(7-5-15)22(31)32-19-12-13-20(21(25)14-19)16-8-10-18(11-9-16)23(26,27)33-24(28,29)30/h2-14H,1H3/b3-2+. The van der Waals surface area contributed by atoms with E-state index in [9.17, 15) is 31.1 Å². The summed E-state index contributed by atoms with van der Waals surface area (Å²) in [5.41, 5.74) is 0.187. The second kappa shape index (κ2) is 9.50. The van der Waals surface area contributed by atoms with E-state index in [2.05, 4.69) is 4.74 Å². The van der Waals surface area contributed by atoms with Crippen LogP contribution in [0.15, 0.2) is 72.8 Å². The molecule has 0 atom stereocenters. The van der Waals surface area contributed by atoms with Gasteiger partial charge in [0.2, 0.25) is 0 Å². The maximum atomic E-state index is 14.6. The summed E-state index contributed by atoms with van der Waals surface area (Å²) in [6.07, 6.45) is -6.44. The van der Waals surface area contributed by atoms with Crippen molar-refractivity contribution in [2.24, 2.45) is 0 Å². The number of hydrogen-bond acceptors (Lipinski definition) is 3. The van der Waals surface area contributed by atoms with Crippen molar-refractivity contribution in [1.82, 2.24) is 0 Å². The molecule has 0 radical (unpaired) electrons. The lowest BCUT2D eigenvalue weighted by atomic mass is 10.0. The summed E-state index contributed by atoms with van der Waals surface area (Å²) >= 11 is 0. The highest BCUT2D eigenvalue weighted by Crippen LogP contribution is 2.37. The van der Waals surface area contributed by atoms with Gasteiger partial charge in [-0.25, -0.2) is 13.9 Å². The molecule has 0 saturated carbocycles. The molecule has 0 aliphatic carbocycles. The number of hydrogen-bond donors (Lipinski definition) is 0. The molecule has 3 aromatic rings. The molecule has 0 N–H and O–H groups in total. The molecule has 0 aliphatic heterocycles. The van der Waals surface area contributed by atoms with Crippen LogP contribution in [0.4, 0.5) is 26.3 Å². The van der Waals surface area contributed by atoms with Crippen LogP contribution < -0.4 is 4.74 Å². The quantitative estimate of drug-likeness (QED) is 0.217. The molecule has 172 valence electrons. The molecule has 0 aliphatic rings. The highest BCUT2D eigenvalue weighted by molar-refractivity contribution is 5.91. The molecule has 0 bridgehead atoms. The minimum absolute atomic E-state index is 0.0305. The monoisotopic (exact) mass is 466 g/mol. The first-order valence-electron chi connectivity index (χ1n) is 9.48. The number of halogens is 6. The average molecular weight is 466 g/mol. The molecule has 0 fully saturated rings. The lowest BCUT2D eigenvalue weighted by Crippen LogP contribution is -2.27. The van der Waals surface area contributed by atoms with Gasteiger partial charge in [-0.3, -0.25) is 0 Å². The Morgan fingerprint density at radius 3 is 2.06 bits per heavy atom. The smallest absolute Gasteiger partial charge is 0.423 e. The number of benzene rings is 3. The predicted molar refractivity (Wildman–Crippen MR) is 109 cm³/mol. The van der Waals surface area contributed by atoms with E-state index in [0.717, 1.165) is 23.8 Å². The van der Waals surface area contributed by atoms with Crippen LogP contribution in [0.1, 0.15) is 28.4 Å². The van der Waals surface area contributed by atoms with Crippen LogP contribution in [-0.2, 0) is 10.8 Å². The van der Waals surface area contributed by atoms with Crippen molar-refractivity contribution < 1.29 is 40.6 Å². The summed E-state index contributed by atoms with van der Waals surface area (Å²) in [6.45, 7) is 1.85. The number of esters is 1. The normalized spacial score (nSPS) is 12.2. The number of ether oxygens (including phenoxy) is 2. The van der Waals surface area contributed by atoms with E-state index in [-0.39, 0.29) is 22.4 Å². The van der Waals surface area contributed by atoms with Gasteiger partial charge in [-0.15, -0.1) is 13.2 Å². The van der Waals surface area contributed by atoms with Crippen molar-refractivity contribution in [2.45, 2.75) is 19.4 Å². The zero-order valence-corrected chi connectivity index (χ0v) is 17.0. The van der Waals surface area contributed by atoms with Gasteiger partial charge in [-0.05, 0) is 54.4 Å². The Bertz CT molecular complexity index is 1150. The van der Waals surface area contributed by atoms with E-state index in [0.29, 0.717) is 12.1 Å². The summed E-state index contributed by atoms with van der Waals surface area (Å²) in [5, 5.41) is 0. The second-order valence-electron chi connectivity index (χ2n) is 6.80. The molecule has 3 aromatic carbocycles. The van der Waals surface area contributed by atoms with Gasteiger partial charge in [0.05, 0.1) is 11.1 Å². The zero-order valence-electron chi connectivity index (χ0n) is 17.0. The minimum atomic E-state index is -5.53. The van der Waals surface area contributed by atoms with Gasteiger partial charge in [-0.1, -0.05) is 36.4 Å². The molecule has 9 heteroatoms. The molecule has 3 rings (SSSR count). The molecule has 0 unspecified atom stereocenters. The molecule has 0 saturated heterocycles. The summed E-state index contributed by atoms with van der Waals surface area (Å²) in [7, 11) is 0. The van der Waals surface area contributed by atoms with E-state index >= 15 is 0 Å². The van der Waals surface area contributed by atoms with Crippen molar-refractivity contribution in [3.8, 4) is 16.9 Å². The number of rotatable bonds is 6. The third-order valence-electron chi connectivity index (χ3n) is 4.43. The Labute approximate surface area is 184 Å². The van der Waals surface area contributed by atoms with E-state index in [1.165, 1.54) is 12.1 Å². The lowest BCUT2D eigenvalue weighted by molar-refractivity contribution is -0.431. The van der Waals surface area contributed by atoms with Crippen LogP contribution in [0, 0.1) is 5.82 Å². The maximum absolute atomic E-state index is 14.6. The first kappa shape index (κ1) is 24.1. The Kier molecular flexibility index (Phi) is 6.92. The SMILES string of the molecule is C/C=C/c1ccc(C(=O)Oc2ccc(-c3ccc(C(F)(F)OC(F)(F)F)cc3)c(F)c2)cc1. The fraction of sp³-hybridized carbons (Fsp3) is 0.125. The zero-order chi connectivity index (χ0) is 24.2. The topological polar surface area (TPSA) is 35.5 Å². The first-order valence-corrected chi connectivity index (χ1v) is 9.48. The molecule has 3 nitrogen and oxygen atoms in total. The van der Waals surface area contributed by atoms with Gasteiger partial charge in [0, 0.05) is 11.6 Å². The van der Waals surface area contributed by atoms with Crippen LogP contribution in [0.3, 0.4) is 0 Å². The van der Waals surface area contributed by atoms with Crippen molar-refractivity contribution in [3.05, 3.63) is 95.3 Å². The fourth-order valence-corrected chi connectivity index (χ4v) is 2.93. The number of alkyl halides is 5. The first-order chi connectivity index (χ1) is 15.5. The van der Waals surface area contributed by atoms with Gasteiger partial charge in [0.15, 0.2) is 0 Å². The molecular formula is C24H16F6O3. The predicted octanol–water partition coefficient (Wildman–Crippen LogP) is 7.33. The van der Waals surface area contributed by atoms with Gasteiger partial charge >= 0.3 is 18.4 Å². The number of allylic oxidation sites excluding steroid dienone is 1. The molecule has 0 heterocycles. The summed E-state index contributed by atoms with van der Waals surface area (Å²) in [4.78, 5) is 12.3. The Hall–Kier alpha value is -3.59. The fourth-order valence-electron chi connectivity index (χ4n) is 2.93. The Morgan fingerprint density at radius 2 is 1.52 bits per heavy atom. The van der Waals surface area contributed by atoms with Crippen LogP contribution in [0.2, 0.25) is 0 Å². The number of carbonyl (C=O) groups excluding carboxylic acids is 1.